The van der Waals surface area contributed by atoms with Crippen molar-refractivity contribution in [2.24, 2.45) is 0 Å². The third kappa shape index (κ3) is 5.71. The van der Waals surface area contributed by atoms with Gasteiger partial charge in [-0.15, -0.1) is 0 Å². The predicted octanol–water partition coefficient (Wildman–Crippen LogP) is 3.12. The van der Waals surface area contributed by atoms with E-state index in [-0.39, 0.29) is 13.2 Å². The number of benzene rings is 2. The van der Waals surface area contributed by atoms with E-state index in [0.717, 1.165) is 11.1 Å². The van der Waals surface area contributed by atoms with Gasteiger partial charge in [-0.05, 0) is 49.6 Å². The average Bonchev–Trinajstić information content (AvgIpc) is 2.68. The number of aliphatic hydroxyl groups excluding tert-OH is 1. The molecule has 0 aliphatic rings. The second kappa shape index (κ2) is 10.1. The molecule has 6 nitrogen and oxygen atoms in total. The number of carbonyl (C=O) groups excluding carboxylic acids is 2. The fraction of sp³-hybridized carbons (Fsp3) is 0.333. The molecule has 1 amide bonds. The first-order chi connectivity index (χ1) is 13.3. The highest BCUT2D eigenvalue weighted by Gasteiger charge is 2.31. The fourth-order valence-electron chi connectivity index (χ4n) is 2.69. The number of carbonyl (C=O) groups is 2. The maximum Gasteiger partial charge on any atom is 0.331 e. The standard InChI is InChI=1S/C21H24ClNO5/c1-4-27-21(26)19(20(25)15-8-6-5-7-9-15)23-17(24)12-28-16-10-13(2)18(22)14(3)11-16/h5-11,19-20,25H,4,12H2,1-3H3,(H,23,24). The third-order valence-electron chi connectivity index (χ3n) is 4.09. The van der Waals surface area contributed by atoms with E-state index in [1.807, 2.05) is 13.8 Å². The lowest BCUT2D eigenvalue weighted by Crippen LogP contribution is -2.47. The van der Waals surface area contributed by atoms with Crippen LogP contribution < -0.4 is 10.1 Å². The lowest BCUT2D eigenvalue weighted by atomic mass is 10.0. The summed E-state index contributed by atoms with van der Waals surface area (Å²) in [6.07, 6.45) is -1.25. The summed E-state index contributed by atoms with van der Waals surface area (Å²) in [6.45, 7) is 5.15. The number of halogens is 1. The molecule has 2 rings (SSSR count). The lowest BCUT2D eigenvalue weighted by molar-refractivity contribution is -0.151. The SMILES string of the molecule is CCOC(=O)C(NC(=O)COc1cc(C)c(Cl)c(C)c1)C(O)c1ccccc1. The molecule has 0 radical (unpaired) electrons. The summed E-state index contributed by atoms with van der Waals surface area (Å²) in [4.78, 5) is 24.6. The molecule has 28 heavy (non-hydrogen) atoms. The van der Waals surface area contributed by atoms with Gasteiger partial charge in [0.2, 0.25) is 0 Å². The number of hydrogen-bond acceptors (Lipinski definition) is 5. The average molecular weight is 406 g/mol. The van der Waals surface area contributed by atoms with Gasteiger partial charge < -0.3 is 19.9 Å². The Hall–Kier alpha value is -2.57. The van der Waals surface area contributed by atoms with Crippen molar-refractivity contribution in [2.75, 3.05) is 13.2 Å². The van der Waals surface area contributed by atoms with Gasteiger partial charge in [-0.3, -0.25) is 4.79 Å². The molecule has 0 spiro atoms. The second-order valence-corrected chi connectivity index (χ2v) is 6.69. The Morgan fingerprint density at radius 3 is 2.32 bits per heavy atom. The Balaban J connectivity index is 2.06. The summed E-state index contributed by atoms with van der Waals surface area (Å²) in [7, 11) is 0. The van der Waals surface area contributed by atoms with Gasteiger partial charge in [-0.25, -0.2) is 4.79 Å². The van der Waals surface area contributed by atoms with Crippen LogP contribution in [0.4, 0.5) is 0 Å². The van der Waals surface area contributed by atoms with Crippen LogP contribution in [0.5, 0.6) is 5.75 Å². The van der Waals surface area contributed by atoms with Crippen LogP contribution in [0.2, 0.25) is 5.02 Å². The van der Waals surface area contributed by atoms with Crippen LogP contribution >= 0.6 is 11.6 Å². The smallest absolute Gasteiger partial charge is 0.331 e. The summed E-state index contributed by atoms with van der Waals surface area (Å²) in [6, 6.07) is 10.8. The number of rotatable bonds is 8. The van der Waals surface area contributed by atoms with Crippen molar-refractivity contribution < 1.29 is 24.2 Å². The maximum absolute atomic E-state index is 12.3. The van der Waals surface area contributed by atoms with Crippen LogP contribution in [0.3, 0.4) is 0 Å². The summed E-state index contributed by atoms with van der Waals surface area (Å²) in [5, 5.41) is 13.7. The quantitative estimate of drug-likeness (QED) is 0.659. The van der Waals surface area contributed by atoms with E-state index in [9.17, 15) is 14.7 Å². The van der Waals surface area contributed by atoms with Crippen molar-refractivity contribution in [3.8, 4) is 5.75 Å². The van der Waals surface area contributed by atoms with Crippen molar-refractivity contribution in [3.05, 3.63) is 64.2 Å². The number of aryl methyl sites for hydroxylation is 2. The Bertz CT molecular complexity index is 802. The molecular formula is C21H24ClNO5. The van der Waals surface area contributed by atoms with Crippen LogP contribution in [0.15, 0.2) is 42.5 Å². The van der Waals surface area contributed by atoms with Crippen molar-refractivity contribution in [1.82, 2.24) is 5.32 Å². The number of aliphatic hydroxyl groups is 1. The largest absolute Gasteiger partial charge is 0.484 e. The summed E-state index contributed by atoms with van der Waals surface area (Å²) < 4.78 is 10.5. The van der Waals surface area contributed by atoms with Gasteiger partial charge in [0.15, 0.2) is 12.6 Å². The van der Waals surface area contributed by atoms with Crippen LogP contribution in [0, 0.1) is 13.8 Å². The number of esters is 1. The molecule has 2 atom stereocenters. The molecule has 0 aromatic heterocycles. The van der Waals surface area contributed by atoms with Gasteiger partial charge in [0, 0.05) is 5.02 Å². The Morgan fingerprint density at radius 2 is 1.75 bits per heavy atom. The first-order valence-corrected chi connectivity index (χ1v) is 9.29. The molecule has 0 heterocycles. The molecule has 0 saturated heterocycles. The van der Waals surface area contributed by atoms with E-state index in [1.165, 1.54) is 0 Å². The minimum atomic E-state index is -1.25. The van der Waals surface area contributed by atoms with Gasteiger partial charge in [0.25, 0.3) is 5.91 Å². The van der Waals surface area contributed by atoms with Gasteiger partial charge in [0.05, 0.1) is 6.61 Å². The zero-order valence-corrected chi connectivity index (χ0v) is 16.8. The van der Waals surface area contributed by atoms with Crippen LogP contribution in [-0.2, 0) is 14.3 Å². The maximum atomic E-state index is 12.3. The van der Waals surface area contributed by atoms with Crippen LogP contribution in [-0.4, -0.2) is 36.2 Å². The summed E-state index contributed by atoms with van der Waals surface area (Å²) in [5.41, 5.74) is 2.16. The first kappa shape index (κ1) is 21.7. The van der Waals surface area contributed by atoms with Gasteiger partial charge >= 0.3 is 5.97 Å². The summed E-state index contributed by atoms with van der Waals surface area (Å²) in [5.74, 6) is -0.783. The number of ether oxygens (including phenoxy) is 2. The fourth-order valence-corrected chi connectivity index (χ4v) is 2.80. The van der Waals surface area contributed by atoms with Crippen LogP contribution in [0.25, 0.3) is 0 Å². The predicted molar refractivity (Wildman–Crippen MR) is 106 cm³/mol. The number of hydrogen-bond donors (Lipinski definition) is 2. The van der Waals surface area contributed by atoms with Crippen molar-refractivity contribution >= 4 is 23.5 Å². The Labute approximate surface area is 169 Å². The molecule has 7 heteroatoms. The van der Waals surface area contributed by atoms with E-state index in [1.54, 1.807) is 49.4 Å². The lowest BCUT2D eigenvalue weighted by Gasteiger charge is -2.23. The molecule has 150 valence electrons. The molecule has 0 aliphatic carbocycles. The number of amides is 1. The Morgan fingerprint density at radius 1 is 1.14 bits per heavy atom. The van der Waals surface area contributed by atoms with E-state index in [2.05, 4.69) is 5.32 Å². The molecule has 0 bridgehead atoms. The number of nitrogens with one attached hydrogen (secondary N) is 1. The molecule has 2 aromatic rings. The molecule has 2 aromatic carbocycles. The molecular weight excluding hydrogens is 382 g/mol. The molecule has 2 N–H and O–H groups in total. The van der Waals surface area contributed by atoms with Gasteiger partial charge in [-0.2, -0.15) is 0 Å². The monoisotopic (exact) mass is 405 g/mol. The topological polar surface area (TPSA) is 84.9 Å². The van der Waals surface area contributed by atoms with Crippen molar-refractivity contribution in [2.45, 2.75) is 32.9 Å². The van der Waals surface area contributed by atoms with Gasteiger partial charge in [0.1, 0.15) is 11.9 Å². The van der Waals surface area contributed by atoms with Crippen molar-refractivity contribution in [1.29, 1.82) is 0 Å². The van der Waals surface area contributed by atoms with E-state index in [4.69, 9.17) is 21.1 Å². The highest BCUT2D eigenvalue weighted by Crippen LogP contribution is 2.25. The third-order valence-corrected chi connectivity index (χ3v) is 4.69. The van der Waals surface area contributed by atoms with E-state index < -0.39 is 24.0 Å². The van der Waals surface area contributed by atoms with Gasteiger partial charge in [-0.1, -0.05) is 41.9 Å². The highest BCUT2D eigenvalue weighted by atomic mass is 35.5. The molecule has 0 aliphatic heterocycles. The minimum absolute atomic E-state index is 0.131. The zero-order valence-electron chi connectivity index (χ0n) is 16.1. The highest BCUT2D eigenvalue weighted by molar-refractivity contribution is 6.32. The molecule has 0 fully saturated rings. The first-order valence-electron chi connectivity index (χ1n) is 8.92. The second-order valence-electron chi connectivity index (χ2n) is 6.31. The Kier molecular flexibility index (Phi) is 7.84. The van der Waals surface area contributed by atoms with Crippen molar-refractivity contribution in [3.63, 3.8) is 0 Å². The molecule has 2 unspecified atom stereocenters. The van der Waals surface area contributed by atoms with Crippen LogP contribution in [0.1, 0.15) is 29.7 Å². The normalized spacial score (nSPS) is 12.8. The van der Waals surface area contributed by atoms with E-state index >= 15 is 0 Å². The minimum Gasteiger partial charge on any atom is -0.484 e. The van der Waals surface area contributed by atoms with E-state index in [0.29, 0.717) is 16.3 Å². The summed E-state index contributed by atoms with van der Waals surface area (Å²) >= 11 is 6.12. The molecule has 0 saturated carbocycles. The zero-order chi connectivity index (χ0) is 20.7.